The molecule has 0 amide bonds. The zero-order chi connectivity index (χ0) is 14.8. The van der Waals surface area contributed by atoms with Crippen LogP contribution in [-0.2, 0) is 6.18 Å². The van der Waals surface area contributed by atoms with E-state index in [4.69, 9.17) is 5.11 Å². The van der Waals surface area contributed by atoms with Gasteiger partial charge in [-0.2, -0.15) is 13.2 Å². The maximum absolute atomic E-state index is 12.6. The zero-order valence-electron chi connectivity index (χ0n) is 10.0. The molecule has 0 fully saturated rings. The Bertz CT molecular complexity index is 624. The van der Waals surface area contributed by atoms with Crippen molar-refractivity contribution in [3.8, 4) is 0 Å². The topological polar surface area (TPSA) is 37.3 Å². The van der Waals surface area contributed by atoms with Crippen molar-refractivity contribution in [2.24, 2.45) is 0 Å². The van der Waals surface area contributed by atoms with Crippen molar-refractivity contribution >= 4 is 17.7 Å². The number of rotatable bonds is 3. The predicted molar refractivity (Wildman–Crippen MR) is 69.0 cm³/mol. The number of alkyl halides is 3. The summed E-state index contributed by atoms with van der Waals surface area (Å²) in [6.07, 6.45) is -4.56. The lowest BCUT2D eigenvalue weighted by Crippen LogP contribution is -2.08. The molecule has 0 aliphatic carbocycles. The van der Waals surface area contributed by atoms with E-state index in [-0.39, 0.29) is 10.5 Å². The van der Waals surface area contributed by atoms with Crippen LogP contribution in [0.4, 0.5) is 13.2 Å². The summed E-state index contributed by atoms with van der Waals surface area (Å²) < 4.78 is 37.8. The van der Waals surface area contributed by atoms with E-state index >= 15 is 0 Å². The van der Waals surface area contributed by atoms with Crippen LogP contribution in [0.1, 0.15) is 15.9 Å². The average molecular weight is 298 g/mol. The molecule has 2 aromatic carbocycles. The lowest BCUT2D eigenvalue weighted by molar-refractivity contribution is -0.137. The molecule has 0 atom stereocenters. The van der Waals surface area contributed by atoms with Gasteiger partial charge in [-0.05, 0) is 30.3 Å². The Balaban J connectivity index is 2.41. The molecule has 0 radical (unpaired) electrons. The third-order valence-electron chi connectivity index (χ3n) is 2.51. The van der Waals surface area contributed by atoms with Gasteiger partial charge in [0.1, 0.15) is 0 Å². The van der Waals surface area contributed by atoms with Crippen molar-refractivity contribution in [1.29, 1.82) is 0 Å². The van der Waals surface area contributed by atoms with E-state index in [9.17, 15) is 18.0 Å². The maximum atomic E-state index is 12.6. The first-order valence-electron chi connectivity index (χ1n) is 5.55. The van der Waals surface area contributed by atoms with Gasteiger partial charge in [-0.3, -0.25) is 0 Å². The first-order chi connectivity index (χ1) is 9.38. The molecule has 0 saturated heterocycles. The fourth-order valence-electron chi connectivity index (χ4n) is 1.58. The van der Waals surface area contributed by atoms with Gasteiger partial charge in [0, 0.05) is 9.79 Å². The van der Waals surface area contributed by atoms with Crippen LogP contribution in [0.15, 0.2) is 58.3 Å². The molecule has 6 heteroatoms. The average Bonchev–Trinajstić information content (AvgIpc) is 2.38. The number of halogens is 3. The highest BCUT2D eigenvalue weighted by atomic mass is 32.2. The van der Waals surface area contributed by atoms with Crippen LogP contribution in [0, 0.1) is 0 Å². The molecule has 1 N–H and O–H groups in total. The molecule has 0 heterocycles. The van der Waals surface area contributed by atoms with E-state index in [1.807, 2.05) is 0 Å². The summed E-state index contributed by atoms with van der Waals surface area (Å²) in [6.45, 7) is 0. The third kappa shape index (κ3) is 3.33. The van der Waals surface area contributed by atoms with Crippen LogP contribution in [0.3, 0.4) is 0 Å². The van der Waals surface area contributed by atoms with Crippen LogP contribution < -0.4 is 0 Å². The molecule has 20 heavy (non-hydrogen) atoms. The van der Waals surface area contributed by atoms with E-state index in [0.29, 0.717) is 6.07 Å². The summed E-state index contributed by atoms with van der Waals surface area (Å²) in [5.41, 5.74) is -1.32. The molecular weight excluding hydrogens is 289 g/mol. The fourth-order valence-corrected chi connectivity index (χ4v) is 2.52. The van der Waals surface area contributed by atoms with E-state index in [2.05, 4.69) is 0 Å². The fraction of sp³-hybridized carbons (Fsp3) is 0.0714. The lowest BCUT2D eigenvalue weighted by atomic mass is 10.1. The van der Waals surface area contributed by atoms with Gasteiger partial charge in [0.05, 0.1) is 11.1 Å². The summed E-state index contributed by atoms with van der Waals surface area (Å²) in [4.78, 5) is 12.1. The van der Waals surface area contributed by atoms with Crippen molar-refractivity contribution in [2.45, 2.75) is 16.0 Å². The lowest BCUT2D eigenvalue weighted by Gasteiger charge is -2.10. The van der Waals surface area contributed by atoms with Gasteiger partial charge >= 0.3 is 12.1 Å². The Labute approximate surface area is 117 Å². The highest BCUT2D eigenvalue weighted by molar-refractivity contribution is 7.99. The van der Waals surface area contributed by atoms with Crippen LogP contribution in [-0.4, -0.2) is 11.1 Å². The van der Waals surface area contributed by atoms with Crippen LogP contribution in [0.5, 0.6) is 0 Å². The molecule has 0 aromatic heterocycles. The summed E-state index contributed by atoms with van der Waals surface area (Å²) >= 11 is 1.11. The van der Waals surface area contributed by atoms with Gasteiger partial charge in [-0.1, -0.05) is 30.0 Å². The Kier molecular flexibility index (Phi) is 4.04. The molecule has 0 unspecified atom stereocenters. The largest absolute Gasteiger partial charge is 0.478 e. The van der Waals surface area contributed by atoms with Crippen molar-refractivity contribution in [2.75, 3.05) is 0 Å². The molecule has 2 aromatic rings. The normalized spacial score (nSPS) is 11.3. The van der Waals surface area contributed by atoms with Crippen LogP contribution in [0.2, 0.25) is 0 Å². The molecule has 104 valence electrons. The Morgan fingerprint density at radius 2 is 1.70 bits per heavy atom. The summed E-state index contributed by atoms with van der Waals surface area (Å²) in [5, 5.41) is 9.05. The highest BCUT2D eigenvalue weighted by Gasteiger charge is 2.31. The van der Waals surface area contributed by atoms with Crippen molar-refractivity contribution in [1.82, 2.24) is 0 Å². The van der Waals surface area contributed by atoms with Crippen molar-refractivity contribution < 1.29 is 23.1 Å². The van der Waals surface area contributed by atoms with Gasteiger partial charge in [-0.25, -0.2) is 4.79 Å². The number of hydrogen-bond donors (Lipinski definition) is 1. The van der Waals surface area contributed by atoms with Gasteiger partial charge in [-0.15, -0.1) is 0 Å². The zero-order valence-corrected chi connectivity index (χ0v) is 10.8. The second kappa shape index (κ2) is 5.58. The van der Waals surface area contributed by atoms with Gasteiger partial charge in [0.2, 0.25) is 0 Å². The highest BCUT2D eigenvalue weighted by Crippen LogP contribution is 2.35. The number of carbonyl (C=O) groups is 1. The van der Waals surface area contributed by atoms with E-state index in [1.54, 1.807) is 30.3 Å². The summed E-state index contributed by atoms with van der Waals surface area (Å²) in [6, 6.07) is 11.6. The second-order valence-electron chi connectivity index (χ2n) is 3.93. The first kappa shape index (κ1) is 14.5. The minimum absolute atomic E-state index is 0.275. The molecule has 0 aliphatic heterocycles. The van der Waals surface area contributed by atoms with Gasteiger partial charge < -0.3 is 5.11 Å². The van der Waals surface area contributed by atoms with E-state index in [0.717, 1.165) is 22.7 Å². The van der Waals surface area contributed by atoms with Crippen molar-refractivity contribution in [3.63, 3.8) is 0 Å². The second-order valence-corrected chi connectivity index (χ2v) is 5.04. The maximum Gasteiger partial charge on any atom is 0.416 e. The summed E-state index contributed by atoms with van der Waals surface area (Å²) in [7, 11) is 0. The van der Waals surface area contributed by atoms with Crippen LogP contribution in [0.25, 0.3) is 0 Å². The number of hydrogen-bond acceptors (Lipinski definition) is 2. The predicted octanol–water partition coefficient (Wildman–Crippen LogP) is 4.55. The summed E-state index contributed by atoms with van der Waals surface area (Å²) in [5.74, 6) is -1.38. The molecule has 0 aliphatic rings. The Morgan fingerprint density at radius 1 is 1.05 bits per heavy atom. The molecular formula is C14H9F3O2S. The Hall–Kier alpha value is -1.95. The first-order valence-corrected chi connectivity index (χ1v) is 6.37. The molecule has 2 rings (SSSR count). The van der Waals surface area contributed by atoms with Crippen molar-refractivity contribution in [3.05, 3.63) is 59.7 Å². The number of carboxylic acids is 1. The van der Waals surface area contributed by atoms with Gasteiger partial charge in [0.25, 0.3) is 0 Å². The monoisotopic (exact) mass is 298 g/mol. The Morgan fingerprint density at radius 3 is 2.25 bits per heavy atom. The number of benzene rings is 2. The smallest absolute Gasteiger partial charge is 0.416 e. The van der Waals surface area contributed by atoms with Crippen LogP contribution >= 0.6 is 11.8 Å². The minimum atomic E-state index is -4.56. The SMILES string of the molecule is O=C(O)c1cc(C(F)(F)F)ccc1Sc1ccccc1. The molecule has 2 nitrogen and oxygen atoms in total. The molecule has 0 spiro atoms. The third-order valence-corrected chi connectivity index (χ3v) is 3.59. The minimum Gasteiger partial charge on any atom is -0.478 e. The molecule has 0 bridgehead atoms. The molecule has 0 saturated carbocycles. The van der Waals surface area contributed by atoms with E-state index < -0.39 is 17.7 Å². The van der Waals surface area contributed by atoms with Gasteiger partial charge in [0.15, 0.2) is 0 Å². The standard InChI is InChI=1S/C14H9F3O2S/c15-14(16,17)9-6-7-12(11(8-9)13(18)19)20-10-4-2-1-3-5-10/h1-8H,(H,18,19). The van der Waals surface area contributed by atoms with E-state index in [1.165, 1.54) is 6.07 Å². The quantitative estimate of drug-likeness (QED) is 0.903. The number of carboxylic acid groups (broad SMARTS) is 1. The number of aromatic carboxylic acids is 1.